The van der Waals surface area contributed by atoms with E-state index in [4.69, 9.17) is 4.74 Å². The van der Waals surface area contributed by atoms with E-state index < -0.39 is 6.10 Å². The summed E-state index contributed by atoms with van der Waals surface area (Å²) in [6.45, 7) is 3.94. The summed E-state index contributed by atoms with van der Waals surface area (Å²) in [4.78, 5) is 16.2. The highest BCUT2D eigenvalue weighted by atomic mass is 16.5. The Balaban J connectivity index is 1.28. The van der Waals surface area contributed by atoms with Gasteiger partial charge in [-0.15, -0.1) is 0 Å². The molecular formula is C20H29N3O4. The Morgan fingerprint density at radius 3 is 2.81 bits per heavy atom. The van der Waals surface area contributed by atoms with Crippen LogP contribution in [0, 0.1) is 0 Å². The van der Waals surface area contributed by atoms with Gasteiger partial charge in [0, 0.05) is 38.8 Å². The molecule has 3 aliphatic heterocycles. The number of hydrogen-bond acceptors (Lipinski definition) is 5. The zero-order valence-corrected chi connectivity index (χ0v) is 15.6. The fraction of sp³-hybridized carbons (Fsp3) is 0.650. The van der Waals surface area contributed by atoms with Crippen LogP contribution in [0.3, 0.4) is 0 Å². The molecule has 7 heteroatoms. The maximum Gasteiger partial charge on any atom is 0.317 e. The molecule has 4 rings (SSSR count). The van der Waals surface area contributed by atoms with Crippen LogP contribution in [0.2, 0.25) is 0 Å². The van der Waals surface area contributed by atoms with E-state index in [1.54, 1.807) is 6.07 Å². The fourth-order valence-corrected chi connectivity index (χ4v) is 4.48. The number of nitrogens with one attached hydrogen (secondary N) is 1. The Morgan fingerprint density at radius 2 is 2.04 bits per heavy atom. The number of rotatable bonds is 4. The van der Waals surface area contributed by atoms with E-state index in [-0.39, 0.29) is 17.9 Å². The number of aryl methyl sites for hydroxylation is 1. The van der Waals surface area contributed by atoms with Crippen molar-refractivity contribution in [3.8, 4) is 11.5 Å². The fourth-order valence-electron chi connectivity index (χ4n) is 4.48. The van der Waals surface area contributed by atoms with E-state index >= 15 is 0 Å². The minimum atomic E-state index is -0.590. The predicted molar refractivity (Wildman–Crippen MR) is 101 cm³/mol. The lowest BCUT2D eigenvalue weighted by atomic mass is 9.97. The number of β-amino-alcohol motifs (C(OH)–C–C–N with tert-alkyl or cyclic N) is 1. The first-order chi connectivity index (χ1) is 13.1. The summed E-state index contributed by atoms with van der Waals surface area (Å²) in [6, 6.07) is 5.76. The van der Waals surface area contributed by atoms with Crippen LogP contribution in [-0.2, 0) is 6.42 Å². The molecule has 2 fully saturated rings. The van der Waals surface area contributed by atoms with Crippen molar-refractivity contribution >= 4 is 6.03 Å². The van der Waals surface area contributed by atoms with Gasteiger partial charge in [0.15, 0.2) is 11.5 Å². The summed E-state index contributed by atoms with van der Waals surface area (Å²) < 4.78 is 5.91. The molecule has 27 heavy (non-hydrogen) atoms. The third kappa shape index (κ3) is 3.99. The van der Waals surface area contributed by atoms with Crippen LogP contribution in [0.15, 0.2) is 18.2 Å². The van der Waals surface area contributed by atoms with Crippen LogP contribution in [-0.4, -0.2) is 77.0 Å². The number of benzene rings is 1. The number of para-hydroxylation sites is 1. The molecule has 3 N–H and O–H groups in total. The Morgan fingerprint density at radius 1 is 1.22 bits per heavy atom. The van der Waals surface area contributed by atoms with Gasteiger partial charge in [-0.05, 0) is 43.7 Å². The molecule has 2 amide bonds. The lowest BCUT2D eigenvalue weighted by Gasteiger charge is -2.41. The van der Waals surface area contributed by atoms with E-state index in [2.05, 4.69) is 10.2 Å². The number of carbonyl (C=O) groups excluding carboxylic acids is 1. The van der Waals surface area contributed by atoms with Crippen LogP contribution in [0.5, 0.6) is 11.5 Å². The normalized spacial score (nSPS) is 25.4. The summed E-state index contributed by atoms with van der Waals surface area (Å²) in [5, 5.41) is 23.6. The molecule has 2 atom stereocenters. The van der Waals surface area contributed by atoms with Gasteiger partial charge in [0.25, 0.3) is 0 Å². The second-order valence-electron chi connectivity index (χ2n) is 7.84. The van der Waals surface area contributed by atoms with Gasteiger partial charge >= 0.3 is 6.03 Å². The van der Waals surface area contributed by atoms with Crippen molar-refractivity contribution < 1.29 is 19.7 Å². The Kier molecular flexibility index (Phi) is 5.41. The highest BCUT2D eigenvalue weighted by molar-refractivity contribution is 5.75. The quantitative estimate of drug-likeness (QED) is 0.739. The lowest BCUT2D eigenvalue weighted by Crippen LogP contribution is -2.55. The highest BCUT2D eigenvalue weighted by Gasteiger charge is 2.33. The molecule has 0 radical (unpaired) electrons. The minimum Gasteiger partial charge on any atom is -0.504 e. The molecule has 3 heterocycles. The van der Waals surface area contributed by atoms with Gasteiger partial charge in [0.05, 0.1) is 0 Å². The monoisotopic (exact) mass is 375 g/mol. The number of carbonyl (C=O) groups is 1. The second-order valence-corrected chi connectivity index (χ2v) is 7.84. The van der Waals surface area contributed by atoms with Crippen LogP contribution < -0.4 is 10.1 Å². The molecule has 1 aromatic rings. The molecule has 2 saturated heterocycles. The Bertz CT molecular complexity index is 675. The van der Waals surface area contributed by atoms with Gasteiger partial charge in [-0.2, -0.15) is 0 Å². The molecule has 7 nitrogen and oxygen atoms in total. The van der Waals surface area contributed by atoms with Crippen molar-refractivity contribution in [3.05, 3.63) is 23.8 Å². The minimum absolute atomic E-state index is 0.0637. The Labute approximate surface area is 159 Å². The summed E-state index contributed by atoms with van der Waals surface area (Å²) in [6.07, 6.45) is 3.56. The second kappa shape index (κ2) is 7.94. The van der Waals surface area contributed by atoms with Crippen molar-refractivity contribution in [1.29, 1.82) is 0 Å². The number of hydrogen-bond donors (Lipinski definition) is 3. The number of aliphatic hydroxyl groups is 1. The molecule has 0 spiro atoms. The van der Waals surface area contributed by atoms with Gasteiger partial charge in [0.1, 0.15) is 12.2 Å². The van der Waals surface area contributed by atoms with Crippen LogP contribution in [0.25, 0.3) is 0 Å². The summed E-state index contributed by atoms with van der Waals surface area (Å²) >= 11 is 0. The van der Waals surface area contributed by atoms with Gasteiger partial charge < -0.3 is 30.1 Å². The molecule has 1 aromatic carbocycles. The van der Waals surface area contributed by atoms with E-state index in [1.807, 2.05) is 17.0 Å². The number of phenols is 1. The molecule has 0 aromatic heterocycles. The number of likely N-dealkylation sites (tertiary alicyclic amines) is 1. The summed E-state index contributed by atoms with van der Waals surface area (Å²) in [5.41, 5.74) is 0.999. The average Bonchev–Trinajstić information content (AvgIpc) is 2.69. The average molecular weight is 375 g/mol. The number of urea groups is 1. The molecular weight excluding hydrogens is 346 g/mol. The standard InChI is InChI=1S/C20H29N3O4/c24-16-4-1-3-14-5-6-18(27-19(14)16)17(25)13-22-11-7-15(8-12-22)23-10-2-9-21-20(23)26/h1,3-4,15,17-18,24-25H,2,5-13H2,(H,21,26). The third-order valence-electron chi connectivity index (χ3n) is 6.03. The molecule has 2 unspecified atom stereocenters. The van der Waals surface area contributed by atoms with Crippen LogP contribution in [0.1, 0.15) is 31.2 Å². The molecule has 0 bridgehead atoms. The van der Waals surface area contributed by atoms with Crippen LogP contribution in [0.4, 0.5) is 4.79 Å². The van der Waals surface area contributed by atoms with Crippen molar-refractivity contribution in [2.75, 3.05) is 32.7 Å². The molecule has 0 saturated carbocycles. The molecule has 0 aliphatic carbocycles. The zero-order valence-electron chi connectivity index (χ0n) is 15.6. The van der Waals surface area contributed by atoms with Crippen molar-refractivity contribution in [2.45, 2.75) is 50.4 Å². The number of phenolic OH excluding ortho intramolecular Hbond substituents is 1. The van der Waals surface area contributed by atoms with E-state index in [9.17, 15) is 15.0 Å². The topological polar surface area (TPSA) is 85.3 Å². The third-order valence-corrected chi connectivity index (χ3v) is 6.03. The van der Waals surface area contributed by atoms with Gasteiger partial charge in [-0.25, -0.2) is 4.79 Å². The van der Waals surface area contributed by atoms with E-state index in [0.717, 1.165) is 63.8 Å². The highest BCUT2D eigenvalue weighted by Crippen LogP contribution is 2.36. The summed E-state index contributed by atoms with van der Waals surface area (Å²) in [5.74, 6) is 0.660. The Hall–Kier alpha value is -1.99. The first-order valence-corrected chi connectivity index (χ1v) is 10.0. The maximum atomic E-state index is 12.0. The number of aliphatic hydroxyl groups excluding tert-OH is 1. The van der Waals surface area contributed by atoms with E-state index in [1.165, 1.54) is 0 Å². The van der Waals surface area contributed by atoms with Gasteiger partial charge in [-0.3, -0.25) is 0 Å². The number of ether oxygens (including phenoxy) is 1. The number of piperidine rings is 1. The lowest BCUT2D eigenvalue weighted by molar-refractivity contribution is -0.00687. The first kappa shape index (κ1) is 18.4. The zero-order chi connectivity index (χ0) is 18.8. The largest absolute Gasteiger partial charge is 0.504 e. The first-order valence-electron chi connectivity index (χ1n) is 10.0. The molecule has 3 aliphatic rings. The van der Waals surface area contributed by atoms with Crippen molar-refractivity contribution in [3.63, 3.8) is 0 Å². The number of nitrogens with zero attached hydrogens (tertiary/aromatic N) is 2. The smallest absolute Gasteiger partial charge is 0.317 e. The number of amides is 2. The van der Waals surface area contributed by atoms with Crippen molar-refractivity contribution in [2.24, 2.45) is 0 Å². The molecule has 148 valence electrons. The van der Waals surface area contributed by atoms with E-state index in [0.29, 0.717) is 18.3 Å². The number of aromatic hydroxyl groups is 1. The van der Waals surface area contributed by atoms with Gasteiger partial charge in [-0.1, -0.05) is 12.1 Å². The van der Waals surface area contributed by atoms with Crippen LogP contribution >= 0.6 is 0 Å². The predicted octanol–water partition coefficient (Wildman–Crippen LogP) is 1.33. The SMILES string of the molecule is O=C1NCCCN1C1CCN(CC(O)C2CCc3cccc(O)c3O2)CC1. The number of fused-ring (bicyclic) bond motifs is 1. The van der Waals surface area contributed by atoms with Gasteiger partial charge in [0.2, 0.25) is 0 Å². The van der Waals surface area contributed by atoms with Crippen molar-refractivity contribution in [1.82, 2.24) is 15.1 Å². The summed E-state index contributed by atoms with van der Waals surface area (Å²) in [7, 11) is 0. The maximum absolute atomic E-state index is 12.0.